The van der Waals surface area contributed by atoms with E-state index in [1.165, 1.54) is 20.0 Å². The largest absolute Gasteiger partial charge is 0.503 e. The number of phenolic OH excluding ortho intramolecular Hbond substituents is 1. The molecule has 0 saturated carbocycles. The number of aromatic hydroxyl groups is 1. The predicted molar refractivity (Wildman–Crippen MR) is 64.2 cm³/mol. The maximum absolute atomic E-state index is 9.61. The molecule has 0 amide bonds. The number of nitrogens with zero attached hydrogens (tertiary/aromatic N) is 1. The summed E-state index contributed by atoms with van der Waals surface area (Å²) in [6.07, 6.45) is 2.53. The van der Waals surface area contributed by atoms with Crippen LogP contribution in [0.15, 0.2) is 12.1 Å². The number of likely N-dealkylation sites (tertiary alicyclic amines) is 1. The van der Waals surface area contributed by atoms with Gasteiger partial charge in [0.2, 0.25) is 0 Å². The smallest absolute Gasteiger partial charge is 0.176 e. The van der Waals surface area contributed by atoms with E-state index < -0.39 is 0 Å². The average Bonchev–Trinajstić information content (AvgIpc) is 2.76. The van der Waals surface area contributed by atoms with Crippen LogP contribution in [0.5, 0.6) is 11.5 Å². The van der Waals surface area contributed by atoms with Crippen molar-refractivity contribution in [3.05, 3.63) is 22.7 Å². The molecule has 0 atom stereocenters. The zero-order valence-corrected chi connectivity index (χ0v) is 10.1. The van der Waals surface area contributed by atoms with Gasteiger partial charge in [0, 0.05) is 6.54 Å². The molecule has 1 aromatic carbocycles. The zero-order chi connectivity index (χ0) is 11.5. The maximum atomic E-state index is 9.61. The van der Waals surface area contributed by atoms with E-state index in [1.54, 1.807) is 6.07 Å². The number of phenols is 1. The van der Waals surface area contributed by atoms with Crippen LogP contribution in [0.3, 0.4) is 0 Å². The number of halogens is 1. The minimum Gasteiger partial charge on any atom is -0.503 e. The van der Waals surface area contributed by atoms with Crippen molar-refractivity contribution in [3.63, 3.8) is 0 Å². The van der Waals surface area contributed by atoms with Gasteiger partial charge in [0.05, 0.1) is 12.1 Å². The molecule has 16 heavy (non-hydrogen) atoms. The van der Waals surface area contributed by atoms with Gasteiger partial charge in [0.25, 0.3) is 0 Å². The molecule has 1 saturated heterocycles. The number of ether oxygens (including phenoxy) is 1. The molecule has 0 radical (unpaired) electrons. The number of hydrogen-bond acceptors (Lipinski definition) is 3. The van der Waals surface area contributed by atoms with Crippen LogP contribution in [0.4, 0.5) is 0 Å². The average molecular weight is 242 g/mol. The van der Waals surface area contributed by atoms with Crippen molar-refractivity contribution >= 4 is 11.6 Å². The highest BCUT2D eigenvalue weighted by Gasteiger charge is 2.14. The van der Waals surface area contributed by atoms with E-state index in [0.29, 0.717) is 10.8 Å². The first kappa shape index (κ1) is 11.6. The fourth-order valence-corrected chi connectivity index (χ4v) is 2.31. The molecule has 1 fully saturated rings. The Kier molecular flexibility index (Phi) is 3.56. The molecular weight excluding hydrogens is 226 g/mol. The number of methoxy groups -OCH3 is 1. The van der Waals surface area contributed by atoms with Crippen LogP contribution < -0.4 is 4.74 Å². The Morgan fingerprint density at radius 3 is 2.69 bits per heavy atom. The van der Waals surface area contributed by atoms with Crippen LogP contribution >= 0.6 is 11.6 Å². The summed E-state index contributed by atoms with van der Waals surface area (Å²) >= 11 is 5.93. The van der Waals surface area contributed by atoms with Gasteiger partial charge in [-0.15, -0.1) is 0 Å². The van der Waals surface area contributed by atoms with Gasteiger partial charge in [0.15, 0.2) is 11.5 Å². The van der Waals surface area contributed by atoms with E-state index in [-0.39, 0.29) is 5.75 Å². The van der Waals surface area contributed by atoms with Gasteiger partial charge in [0.1, 0.15) is 0 Å². The Morgan fingerprint density at radius 1 is 1.38 bits per heavy atom. The van der Waals surface area contributed by atoms with E-state index in [0.717, 1.165) is 25.2 Å². The molecule has 0 unspecified atom stereocenters. The lowest BCUT2D eigenvalue weighted by molar-refractivity contribution is 0.329. The Bertz CT molecular complexity index is 376. The van der Waals surface area contributed by atoms with Gasteiger partial charge in [-0.2, -0.15) is 0 Å². The molecule has 88 valence electrons. The monoisotopic (exact) mass is 241 g/mol. The van der Waals surface area contributed by atoms with E-state index >= 15 is 0 Å². The Morgan fingerprint density at radius 2 is 2.06 bits per heavy atom. The molecule has 0 aromatic heterocycles. The number of hydrogen-bond donors (Lipinski definition) is 1. The van der Waals surface area contributed by atoms with Crippen molar-refractivity contribution in [1.82, 2.24) is 4.90 Å². The SMILES string of the molecule is COc1cc(CN2CCCC2)cc(Cl)c1O. The van der Waals surface area contributed by atoms with Crippen LogP contribution in [0, 0.1) is 0 Å². The lowest BCUT2D eigenvalue weighted by atomic mass is 10.2. The van der Waals surface area contributed by atoms with Crippen LogP contribution in [0.2, 0.25) is 5.02 Å². The molecule has 1 heterocycles. The lowest BCUT2D eigenvalue weighted by Gasteiger charge is -2.16. The fourth-order valence-electron chi connectivity index (χ4n) is 2.07. The van der Waals surface area contributed by atoms with Crippen LogP contribution in [0.25, 0.3) is 0 Å². The second-order valence-corrected chi connectivity index (χ2v) is 4.52. The van der Waals surface area contributed by atoms with E-state index in [1.807, 2.05) is 6.07 Å². The summed E-state index contributed by atoms with van der Waals surface area (Å²) in [6.45, 7) is 3.15. The fraction of sp³-hybridized carbons (Fsp3) is 0.500. The van der Waals surface area contributed by atoms with Gasteiger partial charge in [-0.1, -0.05) is 11.6 Å². The van der Waals surface area contributed by atoms with E-state index in [4.69, 9.17) is 16.3 Å². The van der Waals surface area contributed by atoms with Gasteiger partial charge >= 0.3 is 0 Å². The summed E-state index contributed by atoms with van der Waals surface area (Å²) in [4.78, 5) is 2.38. The van der Waals surface area contributed by atoms with Crippen LogP contribution in [-0.2, 0) is 6.54 Å². The molecule has 4 heteroatoms. The van der Waals surface area contributed by atoms with E-state index in [2.05, 4.69) is 4.90 Å². The Labute approximate surface area is 101 Å². The summed E-state index contributed by atoms with van der Waals surface area (Å²) in [5, 5.41) is 9.97. The van der Waals surface area contributed by atoms with Crippen LogP contribution in [0.1, 0.15) is 18.4 Å². The highest BCUT2D eigenvalue weighted by atomic mass is 35.5. The van der Waals surface area contributed by atoms with Crippen molar-refractivity contribution < 1.29 is 9.84 Å². The summed E-state index contributed by atoms with van der Waals surface area (Å²) in [6, 6.07) is 3.65. The molecule has 0 spiro atoms. The van der Waals surface area contributed by atoms with Crippen molar-refractivity contribution in [3.8, 4) is 11.5 Å². The first-order valence-electron chi connectivity index (χ1n) is 5.48. The van der Waals surface area contributed by atoms with Crippen molar-refractivity contribution in [2.75, 3.05) is 20.2 Å². The normalized spacial score (nSPS) is 16.6. The predicted octanol–water partition coefficient (Wildman–Crippen LogP) is 2.65. The second-order valence-electron chi connectivity index (χ2n) is 4.11. The van der Waals surface area contributed by atoms with Crippen molar-refractivity contribution in [2.24, 2.45) is 0 Å². The second kappa shape index (κ2) is 4.93. The summed E-state index contributed by atoms with van der Waals surface area (Å²) < 4.78 is 5.08. The van der Waals surface area contributed by atoms with Gasteiger partial charge < -0.3 is 9.84 Å². The highest BCUT2D eigenvalue weighted by Crippen LogP contribution is 2.35. The molecule has 1 N–H and O–H groups in total. The third-order valence-corrected chi connectivity index (χ3v) is 3.20. The van der Waals surface area contributed by atoms with Gasteiger partial charge in [-0.3, -0.25) is 4.90 Å². The zero-order valence-electron chi connectivity index (χ0n) is 9.37. The third kappa shape index (κ3) is 2.42. The molecule has 2 rings (SSSR count). The summed E-state index contributed by atoms with van der Waals surface area (Å²) in [5.41, 5.74) is 1.08. The molecule has 1 aromatic rings. The maximum Gasteiger partial charge on any atom is 0.176 e. The number of benzene rings is 1. The summed E-state index contributed by atoms with van der Waals surface area (Å²) in [7, 11) is 1.53. The van der Waals surface area contributed by atoms with Crippen molar-refractivity contribution in [2.45, 2.75) is 19.4 Å². The molecule has 0 bridgehead atoms. The minimum absolute atomic E-state index is 0.0225. The molecular formula is C12H16ClNO2. The standard InChI is InChI=1S/C12H16ClNO2/c1-16-11-7-9(6-10(13)12(11)15)8-14-4-2-3-5-14/h6-7,15H,2-5,8H2,1H3. The molecule has 1 aliphatic heterocycles. The molecule has 3 nitrogen and oxygen atoms in total. The lowest BCUT2D eigenvalue weighted by Crippen LogP contribution is -2.18. The minimum atomic E-state index is 0.0225. The van der Waals surface area contributed by atoms with Crippen molar-refractivity contribution in [1.29, 1.82) is 0 Å². The third-order valence-electron chi connectivity index (χ3n) is 2.91. The first-order valence-corrected chi connectivity index (χ1v) is 5.86. The quantitative estimate of drug-likeness (QED) is 0.883. The van der Waals surface area contributed by atoms with E-state index in [9.17, 15) is 5.11 Å². The Balaban J connectivity index is 2.17. The molecule has 1 aliphatic rings. The van der Waals surface area contributed by atoms with Crippen LogP contribution in [-0.4, -0.2) is 30.2 Å². The highest BCUT2D eigenvalue weighted by molar-refractivity contribution is 6.32. The van der Waals surface area contributed by atoms with Gasteiger partial charge in [-0.05, 0) is 43.6 Å². The summed E-state index contributed by atoms with van der Waals surface area (Å²) in [5.74, 6) is 0.469. The topological polar surface area (TPSA) is 32.7 Å². The number of rotatable bonds is 3. The van der Waals surface area contributed by atoms with Gasteiger partial charge in [-0.25, -0.2) is 0 Å². The Hall–Kier alpha value is -0.930. The first-order chi connectivity index (χ1) is 7.70. The molecule has 0 aliphatic carbocycles.